The number of benzene rings is 12. The second-order valence-corrected chi connectivity index (χ2v) is 42.7. The molecule has 0 nitrogen and oxygen atoms in total. The molecule has 0 N–H and O–H groups in total. The van der Waals surface area contributed by atoms with Crippen molar-refractivity contribution in [3.05, 3.63) is 364 Å². The monoisotopic (exact) mass is 1510 g/mol. The van der Waals surface area contributed by atoms with Crippen LogP contribution in [0.2, 0.25) is 0 Å². The van der Waals surface area contributed by atoms with Gasteiger partial charge < -0.3 is 0 Å². The van der Waals surface area contributed by atoms with E-state index in [9.17, 15) is 0 Å². The van der Waals surface area contributed by atoms with Crippen LogP contribution in [-0.2, 0) is 20.4 Å². The topological polar surface area (TPSA) is 0 Å². The van der Waals surface area contributed by atoms with Gasteiger partial charge in [0.2, 0.25) is 0 Å². The van der Waals surface area contributed by atoms with E-state index < -0.39 is 80.8 Å². The molecule has 0 aromatic heterocycles. The van der Waals surface area contributed by atoms with E-state index in [0.29, 0.717) is 0 Å². The Balaban J connectivity index is 0.000000135. The van der Waals surface area contributed by atoms with Gasteiger partial charge in [-0.15, -0.1) is 0 Å². The van der Waals surface area contributed by atoms with Crippen molar-refractivity contribution in [2.24, 2.45) is 0 Å². The molecular formula is C72H60PdSb4. The zero-order valence-corrected chi connectivity index (χ0v) is 54.5. The van der Waals surface area contributed by atoms with Crippen molar-refractivity contribution >= 4 is 123 Å². The molecule has 0 heterocycles. The van der Waals surface area contributed by atoms with Gasteiger partial charge in [0.25, 0.3) is 0 Å². The Bertz CT molecular complexity index is 2580. The molecule has 0 atom stereocenters. The van der Waals surface area contributed by atoms with Crippen LogP contribution in [0.15, 0.2) is 364 Å². The fourth-order valence-electron chi connectivity index (χ4n) is 8.71. The van der Waals surface area contributed by atoms with Crippen molar-refractivity contribution in [1.29, 1.82) is 0 Å². The summed E-state index contributed by atoms with van der Waals surface area (Å²) in [5.74, 6) is 0. The summed E-state index contributed by atoms with van der Waals surface area (Å²) in [6.45, 7) is 0. The molecule has 378 valence electrons. The van der Waals surface area contributed by atoms with Gasteiger partial charge in [-0.2, -0.15) is 0 Å². The summed E-state index contributed by atoms with van der Waals surface area (Å²) >= 11 is -7.31. The Labute approximate surface area is 501 Å². The molecule has 0 amide bonds. The molecule has 0 aliphatic heterocycles. The van der Waals surface area contributed by atoms with E-state index in [2.05, 4.69) is 364 Å². The van der Waals surface area contributed by atoms with Crippen molar-refractivity contribution in [2.75, 3.05) is 0 Å². The van der Waals surface area contributed by atoms with Gasteiger partial charge in [-0.05, 0) is 0 Å². The Morgan fingerprint density at radius 3 is 0.234 bits per heavy atom. The normalized spacial score (nSPS) is 10.4. The van der Waals surface area contributed by atoms with Crippen LogP contribution in [0.4, 0.5) is 0 Å². The SMILES string of the molecule is [Pd].c1cc[c]([Sb]([c]2ccccc2)[c]2ccccc2)cc1.c1cc[c]([Sb]([c]2ccccc2)[c]2ccccc2)cc1.c1cc[c]([Sb]([c]2ccccc2)[c]2ccccc2)cc1.c1cc[c]([Sb]([c]2ccccc2)[c]2ccccc2)cc1. The second kappa shape index (κ2) is 32.5. The molecule has 0 saturated heterocycles. The average molecular weight is 1520 g/mol. The van der Waals surface area contributed by atoms with Crippen LogP contribution in [-0.4, -0.2) is 80.8 Å². The molecule has 0 spiro atoms. The summed E-state index contributed by atoms with van der Waals surface area (Å²) in [7, 11) is 0. The third-order valence-corrected chi connectivity index (χ3v) is 40.1. The van der Waals surface area contributed by atoms with Gasteiger partial charge in [-0.1, -0.05) is 0 Å². The van der Waals surface area contributed by atoms with Crippen LogP contribution in [0.3, 0.4) is 0 Å². The molecule has 0 aliphatic carbocycles. The number of rotatable bonds is 12. The standard InChI is InChI=1S/12C6H5.Pd.4Sb/c12*1-2-4-6-5-3-1;;;;;/h12*1-5H;;;;;. The average Bonchev–Trinajstić information content (AvgIpc) is 3.51. The Kier molecular flexibility index (Phi) is 24.3. The van der Waals surface area contributed by atoms with Crippen molar-refractivity contribution in [1.82, 2.24) is 0 Å². The van der Waals surface area contributed by atoms with Crippen molar-refractivity contribution in [3.63, 3.8) is 0 Å². The summed E-state index contributed by atoms with van der Waals surface area (Å²) in [6, 6.07) is 132. The summed E-state index contributed by atoms with van der Waals surface area (Å²) < 4.78 is 18.2. The first-order chi connectivity index (χ1) is 37.8. The van der Waals surface area contributed by atoms with E-state index in [4.69, 9.17) is 0 Å². The molecule has 0 fully saturated rings. The maximum atomic E-state index is 2.28. The molecule has 77 heavy (non-hydrogen) atoms. The summed E-state index contributed by atoms with van der Waals surface area (Å²) in [4.78, 5) is 0. The molecular weight excluding hydrogens is 1460 g/mol. The third kappa shape index (κ3) is 17.3. The molecule has 0 saturated carbocycles. The van der Waals surface area contributed by atoms with Crippen LogP contribution in [0.1, 0.15) is 0 Å². The molecule has 0 aliphatic rings. The van der Waals surface area contributed by atoms with Gasteiger partial charge in [0.15, 0.2) is 0 Å². The predicted octanol–water partition coefficient (Wildman–Crippen LogP) is 8.81. The van der Waals surface area contributed by atoms with Gasteiger partial charge in [-0.3, -0.25) is 0 Å². The quantitative estimate of drug-likeness (QED) is 0.108. The molecule has 12 aromatic rings. The van der Waals surface area contributed by atoms with Crippen LogP contribution in [0.25, 0.3) is 0 Å². The maximum absolute atomic E-state index is 2.28. The van der Waals surface area contributed by atoms with Gasteiger partial charge in [0.1, 0.15) is 0 Å². The number of hydrogen-bond acceptors (Lipinski definition) is 0. The first-order valence-electron chi connectivity index (χ1n) is 25.6. The van der Waals surface area contributed by atoms with Crippen LogP contribution in [0, 0.1) is 0 Å². The summed E-state index contributed by atoms with van der Waals surface area (Å²) in [5, 5.41) is 0. The van der Waals surface area contributed by atoms with E-state index >= 15 is 0 Å². The predicted molar refractivity (Wildman–Crippen MR) is 336 cm³/mol. The number of hydrogen-bond donors (Lipinski definition) is 0. The van der Waals surface area contributed by atoms with E-state index in [1.165, 1.54) is 42.1 Å². The molecule has 0 unspecified atom stereocenters. The van der Waals surface area contributed by atoms with Crippen molar-refractivity contribution in [2.45, 2.75) is 0 Å². The Morgan fingerprint density at radius 1 is 0.104 bits per heavy atom. The minimum atomic E-state index is -1.83. The second-order valence-electron chi connectivity index (χ2n) is 17.4. The van der Waals surface area contributed by atoms with Gasteiger partial charge in [0, 0.05) is 20.4 Å². The van der Waals surface area contributed by atoms with Gasteiger partial charge >= 0.3 is 487 Å². The fraction of sp³-hybridized carbons (Fsp3) is 0. The molecule has 5 heteroatoms. The van der Waals surface area contributed by atoms with Gasteiger partial charge in [-0.25, -0.2) is 0 Å². The summed E-state index contributed by atoms with van der Waals surface area (Å²) in [6.07, 6.45) is 0. The fourth-order valence-corrected chi connectivity index (χ4v) is 35.0. The van der Waals surface area contributed by atoms with E-state index in [-0.39, 0.29) is 20.4 Å². The third-order valence-electron chi connectivity index (χ3n) is 12.2. The molecule has 0 bridgehead atoms. The van der Waals surface area contributed by atoms with Crippen LogP contribution in [0.5, 0.6) is 0 Å². The summed E-state index contributed by atoms with van der Waals surface area (Å²) in [5.41, 5.74) is 0. The molecule has 12 aromatic carbocycles. The molecule has 0 radical (unpaired) electrons. The zero-order valence-electron chi connectivity index (χ0n) is 42.7. The van der Waals surface area contributed by atoms with Crippen molar-refractivity contribution < 1.29 is 20.4 Å². The zero-order chi connectivity index (χ0) is 51.7. The Morgan fingerprint density at radius 2 is 0.169 bits per heavy atom. The minimum absolute atomic E-state index is 0. The van der Waals surface area contributed by atoms with E-state index in [0.717, 1.165) is 0 Å². The van der Waals surface area contributed by atoms with Gasteiger partial charge in [0.05, 0.1) is 0 Å². The van der Waals surface area contributed by atoms with Crippen LogP contribution < -0.4 is 42.1 Å². The van der Waals surface area contributed by atoms with E-state index in [1.807, 2.05) is 0 Å². The molecule has 12 rings (SSSR count). The Hall–Kier alpha value is -5.42. The van der Waals surface area contributed by atoms with E-state index in [1.54, 1.807) is 0 Å². The van der Waals surface area contributed by atoms with Crippen molar-refractivity contribution in [3.8, 4) is 0 Å². The first-order valence-corrected chi connectivity index (χ1v) is 40.9. The van der Waals surface area contributed by atoms with Crippen LogP contribution >= 0.6 is 0 Å². The first kappa shape index (κ1) is 57.7.